The Kier molecular flexibility index (Phi) is 3.22. The molecule has 0 spiro atoms. The van der Waals surface area contributed by atoms with Crippen LogP contribution in [0.25, 0.3) is 0 Å². The molecule has 5 nitrogen and oxygen atoms in total. The third-order valence-corrected chi connectivity index (χ3v) is 4.17. The first-order valence-corrected chi connectivity index (χ1v) is 6.98. The van der Waals surface area contributed by atoms with Crippen LogP contribution in [0.1, 0.15) is 16.8 Å². The van der Waals surface area contributed by atoms with Crippen LogP contribution < -0.4 is 9.80 Å². The zero-order chi connectivity index (χ0) is 14.3. The SMILES string of the molecule is CN1CCCN(c2ccc3c(c2)N(C)C(=O)C3=O)CC1. The largest absolute Gasteiger partial charge is 0.370 e. The molecule has 106 valence electrons. The molecule has 1 aromatic carbocycles. The molecule has 0 N–H and O–H groups in total. The molecule has 0 bridgehead atoms. The van der Waals surface area contributed by atoms with Crippen molar-refractivity contribution in [2.24, 2.45) is 0 Å². The Hall–Kier alpha value is -1.88. The van der Waals surface area contributed by atoms with Crippen molar-refractivity contribution in [1.29, 1.82) is 0 Å². The monoisotopic (exact) mass is 273 g/mol. The zero-order valence-corrected chi connectivity index (χ0v) is 11.9. The first-order chi connectivity index (χ1) is 9.58. The Labute approximate surface area is 118 Å². The maximum absolute atomic E-state index is 11.8. The topological polar surface area (TPSA) is 43.9 Å². The summed E-state index contributed by atoms with van der Waals surface area (Å²) in [5.41, 5.74) is 2.34. The van der Waals surface area contributed by atoms with E-state index in [1.165, 1.54) is 4.90 Å². The van der Waals surface area contributed by atoms with Gasteiger partial charge in [-0.3, -0.25) is 9.59 Å². The molecule has 1 saturated heterocycles. The summed E-state index contributed by atoms with van der Waals surface area (Å²) < 4.78 is 0. The van der Waals surface area contributed by atoms with Crippen LogP contribution in [-0.2, 0) is 4.79 Å². The summed E-state index contributed by atoms with van der Waals surface area (Å²) in [6, 6.07) is 5.70. The lowest BCUT2D eigenvalue weighted by Crippen LogP contribution is -2.29. The minimum atomic E-state index is -0.437. The summed E-state index contributed by atoms with van der Waals surface area (Å²) in [6.07, 6.45) is 1.13. The number of hydrogen-bond donors (Lipinski definition) is 0. The van der Waals surface area contributed by atoms with Gasteiger partial charge in [-0.1, -0.05) is 0 Å². The van der Waals surface area contributed by atoms with Gasteiger partial charge in [0.25, 0.3) is 11.7 Å². The Balaban J connectivity index is 1.90. The molecule has 0 radical (unpaired) electrons. The second kappa shape index (κ2) is 4.90. The molecule has 1 fully saturated rings. The third kappa shape index (κ3) is 2.08. The highest BCUT2D eigenvalue weighted by Crippen LogP contribution is 2.32. The Morgan fingerprint density at radius 1 is 1.00 bits per heavy atom. The zero-order valence-electron chi connectivity index (χ0n) is 11.9. The average molecular weight is 273 g/mol. The van der Waals surface area contributed by atoms with Gasteiger partial charge < -0.3 is 14.7 Å². The number of benzene rings is 1. The Bertz CT molecular complexity index is 570. The van der Waals surface area contributed by atoms with Gasteiger partial charge in [-0.05, 0) is 38.2 Å². The number of rotatable bonds is 1. The molecular weight excluding hydrogens is 254 g/mol. The predicted molar refractivity (Wildman–Crippen MR) is 78.5 cm³/mol. The lowest BCUT2D eigenvalue weighted by atomic mass is 10.1. The molecule has 5 heteroatoms. The normalized spacial score (nSPS) is 20.3. The highest BCUT2D eigenvalue weighted by molar-refractivity contribution is 6.52. The highest BCUT2D eigenvalue weighted by Gasteiger charge is 2.33. The van der Waals surface area contributed by atoms with Crippen molar-refractivity contribution >= 4 is 23.1 Å². The standard InChI is InChI=1S/C15H19N3O2/c1-16-6-3-7-18(9-8-16)11-4-5-12-13(10-11)17(2)15(20)14(12)19/h4-5,10H,3,6-9H2,1-2H3. The minimum Gasteiger partial charge on any atom is -0.370 e. The van der Waals surface area contributed by atoms with E-state index in [1.807, 2.05) is 12.1 Å². The molecule has 0 unspecified atom stereocenters. The molecule has 20 heavy (non-hydrogen) atoms. The van der Waals surface area contributed by atoms with Crippen LogP contribution in [0.5, 0.6) is 0 Å². The van der Waals surface area contributed by atoms with E-state index >= 15 is 0 Å². The summed E-state index contributed by atoms with van der Waals surface area (Å²) >= 11 is 0. The van der Waals surface area contributed by atoms with Crippen molar-refractivity contribution in [3.05, 3.63) is 23.8 Å². The predicted octanol–water partition coefficient (Wildman–Crippen LogP) is 0.988. The first kappa shape index (κ1) is 13.1. The molecule has 1 aromatic rings. The summed E-state index contributed by atoms with van der Waals surface area (Å²) in [5.74, 6) is -0.836. The Morgan fingerprint density at radius 2 is 1.80 bits per heavy atom. The van der Waals surface area contributed by atoms with Crippen molar-refractivity contribution in [2.45, 2.75) is 6.42 Å². The number of amides is 1. The van der Waals surface area contributed by atoms with Crippen LogP contribution in [0.15, 0.2) is 18.2 Å². The van der Waals surface area contributed by atoms with E-state index in [9.17, 15) is 9.59 Å². The third-order valence-electron chi connectivity index (χ3n) is 4.17. The van der Waals surface area contributed by atoms with E-state index in [0.717, 1.165) is 44.0 Å². The molecular formula is C15H19N3O2. The lowest BCUT2D eigenvalue weighted by molar-refractivity contribution is -0.114. The second-order valence-electron chi connectivity index (χ2n) is 5.54. The van der Waals surface area contributed by atoms with Crippen LogP contribution >= 0.6 is 0 Å². The second-order valence-corrected chi connectivity index (χ2v) is 5.54. The van der Waals surface area contributed by atoms with E-state index in [2.05, 4.69) is 16.8 Å². The van der Waals surface area contributed by atoms with Gasteiger partial charge in [-0.25, -0.2) is 0 Å². The van der Waals surface area contributed by atoms with Crippen molar-refractivity contribution < 1.29 is 9.59 Å². The molecule has 0 aliphatic carbocycles. The molecule has 2 aliphatic rings. The van der Waals surface area contributed by atoms with Crippen molar-refractivity contribution in [3.8, 4) is 0 Å². The van der Waals surface area contributed by atoms with Crippen LogP contribution in [0.3, 0.4) is 0 Å². The number of nitrogens with zero attached hydrogens (tertiary/aromatic N) is 3. The first-order valence-electron chi connectivity index (χ1n) is 6.98. The van der Waals surface area contributed by atoms with Crippen LogP contribution in [-0.4, -0.2) is 56.9 Å². The number of likely N-dealkylation sites (N-methyl/N-ethyl adjacent to an activating group) is 2. The maximum atomic E-state index is 11.8. The van der Waals surface area contributed by atoms with Crippen molar-refractivity contribution in [3.63, 3.8) is 0 Å². The summed E-state index contributed by atoms with van der Waals surface area (Å²) in [7, 11) is 3.79. The van der Waals surface area contributed by atoms with E-state index < -0.39 is 11.7 Å². The summed E-state index contributed by atoms with van der Waals surface area (Å²) in [6.45, 7) is 4.12. The van der Waals surface area contributed by atoms with Gasteiger partial charge in [0.05, 0.1) is 11.3 Å². The van der Waals surface area contributed by atoms with Crippen LogP contribution in [0, 0.1) is 0 Å². The fourth-order valence-electron chi connectivity index (χ4n) is 2.87. The van der Waals surface area contributed by atoms with Gasteiger partial charge in [0.1, 0.15) is 0 Å². The highest BCUT2D eigenvalue weighted by atomic mass is 16.2. The van der Waals surface area contributed by atoms with E-state index in [4.69, 9.17) is 0 Å². The van der Waals surface area contributed by atoms with Gasteiger partial charge >= 0.3 is 0 Å². The molecule has 2 aliphatic heterocycles. The number of carbonyl (C=O) groups is 2. The van der Waals surface area contributed by atoms with Crippen LogP contribution in [0.2, 0.25) is 0 Å². The average Bonchev–Trinajstić information content (AvgIpc) is 2.64. The number of Topliss-reactive ketones (excluding diaryl/α,β-unsaturated/α-hetero) is 1. The molecule has 0 aromatic heterocycles. The van der Waals surface area contributed by atoms with Crippen molar-refractivity contribution in [2.75, 3.05) is 50.1 Å². The Morgan fingerprint density at radius 3 is 2.60 bits per heavy atom. The van der Waals surface area contributed by atoms with Gasteiger partial charge in [0, 0.05) is 32.4 Å². The smallest absolute Gasteiger partial charge is 0.299 e. The number of hydrogen-bond acceptors (Lipinski definition) is 4. The molecule has 0 saturated carbocycles. The minimum absolute atomic E-state index is 0.398. The number of fused-ring (bicyclic) bond motifs is 1. The molecule has 2 heterocycles. The fourth-order valence-corrected chi connectivity index (χ4v) is 2.87. The summed E-state index contributed by atoms with van der Waals surface area (Å²) in [5, 5.41) is 0. The van der Waals surface area contributed by atoms with Gasteiger partial charge in [0.2, 0.25) is 0 Å². The van der Waals surface area contributed by atoms with Gasteiger partial charge in [-0.2, -0.15) is 0 Å². The summed E-state index contributed by atoms with van der Waals surface area (Å²) in [4.78, 5) is 29.6. The van der Waals surface area contributed by atoms with E-state index in [0.29, 0.717) is 5.56 Å². The lowest BCUT2D eigenvalue weighted by Gasteiger charge is -2.24. The van der Waals surface area contributed by atoms with Crippen LogP contribution in [0.4, 0.5) is 11.4 Å². The number of carbonyl (C=O) groups excluding carboxylic acids is 2. The van der Waals surface area contributed by atoms with E-state index in [-0.39, 0.29) is 0 Å². The quantitative estimate of drug-likeness (QED) is 0.716. The fraction of sp³-hybridized carbons (Fsp3) is 0.467. The van der Waals surface area contributed by atoms with E-state index in [1.54, 1.807) is 13.1 Å². The maximum Gasteiger partial charge on any atom is 0.299 e. The number of ketones is 1. The molecule has 3 rings (SSSR count). The molecule has 0 atom stereocenters. The van der Waals surface area contributed by atoms with Crippen molar-refractivity contribution in [1.82, 2.24) is 4.90 Å². The molecule has 1 amide bonds. The van der Waals surface area contributed by atoms with Gasteiger partial charge in [0.15, 0.2) is 0 Å². The number of anilines is 2. The van der Waals surface area contributed by atoms with Gasteiger partial charge in [-0.15, -0.1) is 0 Å².